The molecule has 0 amide bonds. The van der Waals surface area contributed by atoms with E-state index in [1.54, 1.807) is 6.07 Å². The number of nitrogens with zero attached hydrogens (tertiary/aromatic N) is 1. The highest BCUT2D eigenvalue weighted by molar-refractivity contribution is 5.83. The summed E-state index contributed by atoms with van der Waals surface area (Å²) in [5.41, 5.74) is 2.47. The number of H-pyrrole nitrogens is 1. The van der Waals surface area contributed by atoms with E-state index in [4.69, 9.17) is 14.7 Å². The molecule has 1 saturated heterocycles. The van der Waals surface area contributed by atoms with Crippen LogP contribution in [0.3, 0.4) is 0 Å². The van der Waals surface area contributed by atoms with Crippen molar-refractivity contribution >= 4 is 10.9 Å². The first-order chi connectivity index (χ1) is 12.7. The second-order valence-electron chi connectivity index (χ2n) is 6.81. The molecule has 2 atom stereocenters. The Morgan fingerprint density at radius 1 is 1.23 bits per heavy atom. The fraction of sp³-hybridized carbons (Fsp3) is 0.286. The molecule has 1 aliphatic heterocycles. The second kappa shape index (κ2) is 6.83. The lowest BCUT2D eigenvalue weighted by molar-refractivity contribution is -0.0499. The third-order valence-corrected chi connectivity index (χ3v) is 4.77. The molecule has 2 aromatic carbocycles. The number of nitrogens with one attached hydrogen (secondary N) is 2. The van der Waals surface area contributed by atoms with Crippen molar-refractivity contribution in [2.24, 2.45) is 0 Å². The minimum Gasteiger partial charge on any atom is -0.489 e. The first kappa shape index (κ1) is 16.6. The molecule has 0 saturated carbocycles. The zero-order valence-electron chi connectivity index (χ0n) is 14.7. The van der Waals surface area contributed by atoms with Gasteiger partial charge in [0.2, 0.25) is 0 Å². The Morgan fingerprint density at radius 2 is 2.04 bits per heavy atom. The molecule has 4 rings (SSSR count). The van der Waals surface area contributed by atoms with E-state index in [9.17, 15) is 0 Å². The van der Waals surface area contributed by atoms with Crippen molar-refractivity contribution in [1.29, 1.82) is 5.26 Å². The van der Waals surface area contributed by atoms with Crippen LogP contribution < -0.4 is 10.1 Å². The van der Waals surface area contributed by atoms with E-state index in [-0.39, 0.29) is 6.10 Å². The van der Waals surface area contributed by atoms with Gasteiger partial charge in [-0.05, 0) is 30.7 Å². The number of aromatic amines is 1. The highest BCUT2D eigenvalue weighted by Gasteiger charge is 2.36. The van der Waals surface area contributed by atoms with Gasteiger partial charge in [-0.2, -0.15) is 5.26 Å². The van der Waals surface area contributed by atoms with Crippen molar-refractivity contribution in [2.45, 2.75) is 25.2 Å². The molecule has 26 heavy (non-hydrogen) atoms. The largest absolute Gasteiger partial charge is 0.489 e. The van der Waals surface area contributed by atoms with E-state index >= 15 is 0 Å². The summed E-state index contributed by atoms with van der Waals surface area (Å²) in [6.45, 7) is 3.20. The van der Waals surface area contributed by atoms with Crippen molar-refractivity contribution in [3.05, 3.63) is 65.9 Å². The number of benzene rings is 2. The molecule has 1 aromatic heterocycles. The number of nitriles is 1. The molecule has 0 radical (unpaired) electrons. The zero-order chi connectivity index (χ0) is 18.0. The Labute approximate surface area is 152 Å². The minimum absolute atomic E-state index is 0.0584. The quantitative estimate of drug-likeness (QED) is 0.742. The molecule has 1 aliphatic rings. The Balaban J connectivity index is 1.40. The first-order valence-electron chi connectivity index (χ1n) is 8.77. The van der Waals surface area contributed by atoms with Crippen molar-refractivity contribution < 1.29 is 9.47 Å². The summed E-state index contributed by atoms with van der Waals surface area (Å²) in [4.78, 5) is 3.31. The molecule has 2 N–H and O–H groups in total. The van der Waals surface area contributed by atoms with E-state index in [1.807, 2.05) is 36.5 Å². The summed E-state index contributed by atoms with van der Waals surface area (Å²) in [7, 11) is 0. The van der Waals surface area contributed by atoms with Gasteiger partial charge in [0.05, 0.1) is 5.56 Å². The van der Waals surface area contributed by atoms with Crippen molar-refractivity contribution in [3.63, 3.8) is 0 Å². The van der Waals surface area contributed by atoms with Crippen LogP contribution in [0.2, 0.25) is 0 Å². The lowest BCUT2D eigenvalue weighted by Gasteiger charge is -2.24. The van der Waals surface area contributed by atoms with Gasteiger partial charge in [0, 0.05) is 30.1 Å². The normalized spacial score (nSPS) is 22.4. The molecule has 5 nitrogen and oxygen atoms in total. The highest BCUT2D eigenvalue weighted by atomic mass is 16.6. The third kappa shape index (κ3) is 3.30. The Morgan fingerprint density at radius 3 is 2.92 bits per heavy atom. The van der Waals surface area contributed by atoms with Gasteiger partial charge in [0.25, 0.3) is 0 Å². The van der Waals surface area contributed by atoms with E-state index in [2.05, 4.69) is 35.4 Å². The highest BCUT2D eigenvalue weighted by Crippen LogP contribution is 2.27. The summed E-state index contributed by atoms with van der Waals surface area (Å²) in [6.07, 6.45) is 2.76. The SMILES string of the molecule is CC1(Cc2c[nH]c3ccccc23)NCC(COc2ccccc2C#N)O1. The number of hydrogen-bond acceptors (Lipinski definition) is 4. The molecular formula is C21H21N3O2. The maximum absolute atomic E-state index is 9.15. The molecule has 3 aromatic rings. The number of rotatable bonds is 5. The maximum atomic E-state index is 9.15. The summed E-state index contributed by atoms with van der Waals surface area (Å²) in [5.74, 6) is 0.601. The molecule has 0 bridgehead atoms. The summed E-state index contributed by atoms with van der Waals surface area (Å²) < 4.78 is 12.1. The number of fused-ring (bicyclic) bond motifs is 1. The lowest BCUT2D eigenvalue weighted by atomic mass is 10.0. The van der Waals surface area contributed by atoms with E-state index in [0.717, 1.165) is 11.9 Å². The topological polar surface area (TPSA) is 70.1 Å². The molecule has 0 aliphatic carbocycles. The van der Waals surface area contributed by atoms with Crippen molar-refractivity contribution in [1.82, 2.24) is 10.3 Å². The monoisotopic (exact) mass is 347 g/mol. The number of ether oxygens (including phenoxy) is 2. The average molecular weight is 347 g/mol. The van der Waals surface area contributed by atoms with Gasteiger partial charge in [-0.1, -0.05) is 30.3 Å². The van der Waals surface area contributed by atoms with Gasteiger partial charge in [-0.15, -0.1) is 0 Å². The van der Waals surface area contributed by atoms with Crippen LogP contribution in [0.4, 0.5) is 0 Å². The van der Waals surface area contributed by atoms with Crippen LogP contribution in [-0.2, 0) is 11.2 Å². The molecule has 2 heterocycles. The summed E-state index contributed by atoms with van der Waals surface area (Å²) >= 11 is 0. The third-order valence-electron chi connectivity index (χ3n) is 4.77. The fourth-order valence-corrected chi connectivity index (χ4v) is 3.49. The van der Waals surface area contributed by atoms with Gasteiger partial charge >= 0.3 is 0 Å². The van der Waals surface area contributed by atoms with Crippen LogP contribution in [0.5, 0.6) is 5.75 Å². The predicted molar refractivity (Wildman–Crippen MR) is 99.9 cm³/mol. The van der Waals surface area contributed by atoms with Crippen molar-refractivity contribution in [3.8, 4) is 11.8 Å². The average Bonchev–Trinajstić information content (AvgIpc) is 3.24. The zero-order valence-corrected chi connectivity index (χ0v) is 14.7. The van der Waals surface area contributed by atoms with Gasteiger partial charge in [-0.25, -0.2) is 0 Å². The lowest BCUT2D eigenvalue weighted by Crippen LogP contribution is -2.39. The maximum Gasteiger partial charge on any atom is 0.137 e. The number of hydrogen-bond donors (Lipinski definition) is 2. The number of para-hydroxylation sites is 2. The minimum atomic E-state index is -0.437. The van der Waals surface area contributed by atoms with Crippen LogP contribution in [0.15, 0.2) is 54.7 Å². The second-order valence-corrected chi connectivity index (χ2v) is 6.81. The van der Waals surface area contributed by atoms with E-state index < -0.39 is 5.72 Å². The Bertz CT molecular complexity index is 959. The number of aromatic nitrogens is 1. The molecule has 5 heteroatoms. The molecule has 0 spiro atoms. The van der Waals surface area contributed by atoms with Gasteiger partial charge < -0.3 is 14.5 Å². The molecule has 1 fully saturated rings. The first-order valence-corrected chi connectivity index (χ1v) is 8.77. The summed E-state index contributed by atoms with van der Waals surface area (Å²) in [6, 6.07) is 17.7. The smallest absolute Gasteiger partial charge is 0.137 e. The van der Waals surface area contributed by atoms with Crippen LogP contribution in [0.25, 0.3) is 10.9 Å². The van der Waals surface area contributed by atoms with Crippen LogP contribution in [0, 0.1) is 11.3 Å². The van der Waals surface area contributed by atoms with E-state index in [0.29, 0.717) is 24.5 Å². The predicted octanol–water partition coefficient (Wildman–Crippen LogP) is 3.37. The van der Waals surface area contributed by atoms with Crippen LogP contribution in [-0.4, -0.2) is 30.0 Å². The Hall–Kier alpha value is -2.81. The van der Waals surface area contributed by atoms with Crippen LogP contribution >= 0.6 is 0 Å². The van der Waals surface area contributed by atoms with Gasteiger partial charge in [-0.3, -0.25) is 5.32 Å². The standard InChI is InChI=1S/C21H21N3O2/c1-21(10-16-12-23-19-8-4-3-7-18(16)19)24-13-17(26-21)14-25-20-9-5-2-6-15(20)11-22/h2-9,12,17,23-24H,10,13-14H2,1H3. The van der Waals surface area contributed by atoms with Gasteiger partial charge in [0.15, 0.2) is 0 Å². The van der Waals surface area contributed by atoms with Crippen molar-refractivity contribution in [2.75, 3.05) is 13.2 Å². The Kier molecular flexibility index (Phi) is 4.37. The fourth-order valence-electron chi connectivity index (χ4n) is 3.49. The molecular weight excluding hydrogens is 326 g/mol. The molecule has 132 valence electrons. The van der Waals surface area contributed by atoms with Gasteiger partial charge in [0.1, 0.15) is 30.3 Å². The summed E-state index contributed by atoms with van der Waals surface area (Å²) in [5, 5.41) is 13.8. The molecule has 2 unspecified atom stereocenters. The van der Waals surface area contributed by atoms with Crippen LogP contribution in [0.1, 0.15) is 18.1 Å². The van der Waals surface area contributed by atoms with E-state index in [1.165, 1.54) is 10.9 Å².